The molecule has 1 aromatic rings. The number of nitrogens with two attached hydrogens (primary N) is 1. The molecule has 0 amide bonds. The van der Waals surface area contributed by atoms with E-state index in [1.54, 1.807) is 0 Å². The van der Waals surface area contributed by atoms with Crippen molar-refractivity contribution in [1.29, 1.82) is 0 Å². The highest BCUT2D eigenvalue weighted by atomic mass is 32.2. The Bertz CT molecular complexity index is 324. The van der Waals surface area contributed by atoms with Gasteiger partial charge in [-0.05, 0) is 24.8 Å². The minimum atomic E-state index is 0.486. The van der Waals surface area contributed by atoms with Gasteiger partial charge in [0.1, 0.15) is 0 Å². The minimum Gasteiger partial charge on any atom is -0.370 e. The van der Waals surface area contributed by atoms with E-state index in [0.29, 0.717) is 11.2 Å². The summed E-state index contributed by atoms with van der Waals surface area (Å²) in [5.41, 5.74) is 6.74. The summed E-state index contributed by atoms with van der Waals surface area (Å²) in [5, 5.41) is 3.69. The molecule has 16 heavy (non-hydrogen) atoms. The second-order valence-electron chi connectivity index (χ2n) is 3.59. The fraction of sp³-hybridized carbons (Fsp3) is 0.417. The van der Waals surface area contributed by atoms with Gasteiger partial charge < -0.3 is 11.1 Å². The van der Waals surface area contributed by atoms with Gasteiger partial charge in [0.05, 0.1) is 0 Å². The van der Waals surface area contributed by atoms with Crippen LogP contribution in [0.5, 0.6) is 0 Å². The molecule has 0 aromatic heterocycles. The van der Waals surface area contributed by atoms with Gasteiger partial charge in [0.2, 0.25) is 0 Å². The van der Waals surface area contributed by atoms with Crippen molar-refractivity contribution < 1.29 is 0 Å². The first-order chi connectivity index (χ1) is 7.72. The third-order valence-electron chi connectivity index (χ3n) is 2.27. The maximum atomic E-state index is 5.77. The summed E-state index contributed by atoms with van der Waals surface area (Å²) in [6.45, 7) is 2.97. The Morgan fingerprint density at radius 2 is 2.12 bits per heavy atom. The van der Waals surface area contributed by atoms with Crippen molar-refractivity contribution in [3.05, 3.63) is 30.3 Å². The van der Waals surface area contributed by atoms with E-state index in [9.17, 15) is 0 Å². The van der Waals surface area contributed by atoms with Crippen molar-refractivity contribution in [2.75, 3.05) is 18.1 Å². The molecular formula is C12H19N3S. The molecule has 0 aliphatic rings. The van der Waals surface area contributed by atoms with E-state index in [-0.39, 0.29) is 0 Å². The summed E-state index contributed by atoms with van der Waals surface area (Å²) in [4.78, 5) is 4.28. The topological polar surface area (TPSA) is 50.4 Å². The van der Waals surface area contributed by atoms with Gasteiger partial charge >= 0.3 is 0 Å². The standard InChI is InChI=1S/C12H19N3S/c1-10(16-2)8-9-14-12(13)15-11-6-4-3-5-7-11/h3-7,10H,8-9H2,1-2H3,(H3,13,14,15). The van der Waals surface area contributed by atoms with E-state index in [2.05, 4.69) is 23.5 Å². The number of benzene rings is 1. The molecule has 1 rings (SSSR count). The summed E-state index contributed by atoms with van der Waals surface area (Å²) < 4.78 is 0. The van der Waals surface area contributed by atoms with Crippen LogP contribution >= 0.6 is 11.8 Å². The number of para-hydroxylation sites is 1. The van der Waals surface area contributed by atoms with E-state index < -0.39 is 0 Å². The lowest BCUT2D eigenvalue weighted by molar-refractivity contribution is 0.824. The van der Waals surface area contributed by atoms with E-state index in [0.717, 1.165) is 18.7 Å². The molecular weight excluding hydrogens is 218 g/mol. The maximum Gasteiger partial charge on any atom is 0.193 e. The van der Waals surface area contributed by atoms with E-state index in [1.807, 2.05) is 42.1 Å². The Labute approximate surface area is 102 Å². The molecule has 0 heterocycles. The summed E-state index contributed by atoms with van der Waals surface area (Å²) in [6, 6.07) is 9.83. The molecule has 4 heteroatoms. The van der Waals surface area contributed by atoms with Crippen LogP contribution in [0.1, 0.15) is 13.3 Å². The van der Waals surface area contributed by atoms with Crippen LogP contribution in [-0.2, 0) is 0 Å². The van der Waals surface area contributed by atoms with Gasteiger partial charge in [0.15, 0.2) is 5.96 Å². The fourth-order valence-electron chi connectivity index (χ4n) is 1.19. The highest BCUT2D eigenvalue weighted by molar-refractivity contribution is 7.99. The Balaban J connectivity index is 2.34. The number of aliphatic imine (C=N–C) groups is 1. The van der Waals surface area contributed by atoms with Crippen molar-refractivity contribution in [3.63, 3.8) is 0 Å². The lowest BCUT2D eigenvalue weighted by Crippen LogP contribution is -2.23. The van der Waals surface area contributed by atoms with Crippen LogP contribution in [0, 0.1) is 0 Å². The van der Waals surface area contributed by atoms with Gasteiger partial charge in [-0.1, -0.05) is 25.1 Å². The molecule has 1 unspecified atom stereocenters. The average Bonchev–Trinajstić information content (AvgIpc) is 2.30. The number of thioether (sulfide) groups is 1. The molecule has 0 bridgehead atoms. The summed E-state index contributed by atoms with van der Waals surface area (Å²) in [5.74, 6) is 0.486. The molecule has 3 nitrogen and oxygen atoms in total. The smallest absolute Gasteiger partial charge is 0.193 e. The van der Waals surface area contributed by atoms with Gasteiger partial charge in [0, 0.05) is 17.5 Å². The maximum absolute atomic E-state index is 5.77. The molecule has 0 aliphatic heterocycles. The number of hydrogen-bond acceptors (Lipinski definition) is 2. The van der Waals surface area contributed by atoms with Gasteiger partial charge in [-0.2, -0.15) is 11.8 Å². The monoisotopic (exact) mass is 237 g/mol. The van der Waals surface area contributed by atoms with Crippen molar-refractivity contribution >= 4 is 23.4 Å². The van der Waals surface area contributed by atoms with Crippen molar-refractivity contribution in [2.24, 2.45) is 10.7 Å². The zero-order chi connectivity index (χ0) is 11.8. The zero-order valence-electron chi connectivity index (χ0n) is 9.81. The number of guanidine groups is 1. The van der Waals surface area contributed by atoms with Crippen LogP contribution in [0.2, 0.25) is 0 Å². The molecule has 0 spiro atoms. The second kappa shape index (κ2) is 7.17. The molecule has 88 valence electrons. The molecule has 1 aromatic carbocycles. The van der Waals surface area contributed by atoms with Crippen LogP contribution in [0.15, 0.2) is 35.3 Å². The quantitative estimate of drug-likeness (QED) is 0.611. The fourth-order valence-corrected chi connectivity index (χ4v) is 1.53. The van der Waals surface area contributed by atoms with Crippen LogP contribution in [0.4, 0.5) is 5.69 Å². The molecule has 0 saturated carbocycles. The predicted molar refractivity (Wildman–Crippen MR) is 74.1 cm³/mol. The molecule has 0 fully saturated rings. The summed E-state index contributed by atoms with van der Waals surface area (Å²) in [6.07, 6.45) is 3.16. The van der Waals surface area contributed by atoms with Crippen molar-refractivity contribution in [2.45, 2.75) is 18.6 Å². The average molecular weight is 237 g/mol. The highest BCUT2D eigenvalue weighted by Gasteiger charge is 1.98. The first-order valence-corrected chi connectivity index (χ1v) is 6.66. The highest BCUT2D eigenvalue weighted by Crippen LogP contribution is 2.09. The molecule has 3 N–H and O–H groups in total. The van der Waals surface area contributed by atoms with Gasteiger partial charge in [0.25, 0.3) is 0 Å². The van der Waals surface area contributed by atoms with Crippen LogP contribution in [0.3, 0.4) is 0 Å². The predicted octanol–water partition coefficient (Wildman–Crippen LogP) is 2.55. The normalized spacial score (nSPS) is 13.5. The first-order valence-electron chi connectivity index (χ1n) is 5.37. The molecule has 0 radical (unpaired) electrons. The van der Waals surface area contributed by atoms with E-state index in [1.165, 1.54) is 0 Å². The van der Waals surface area contributed by atoms with Crippen LogP contribution in [0.25, 0.3) is 0 Å². The number of nitrogens with one attached hydrogen (secondary N) is 1. The Morgan fingerprint density at radius 3 is 2.75 bits per heavy atom. The minimum absolute atomic E-state index is 0.486. The third kappa shape index (κ3) is 5.07. The summed E-state index contributed by atoms with van der Waals surface area (Å²) >= 11 is 1.85. The number of anilines is 1. The Kier molecular flexibility index (Phi) is 5.78. The molecule has 0 saturated heterocycles. The zero-order valence-corrected chi connectivity index (χ0v) is 10.6. The second-order valence-corrected chi connectivity index (χ2v) is 4.87. The third-order valence-corrected chi connectivity index (χ3v) is 3.31. The number of rotatable bonds is 5. The largest absolute Gasteiger partial charge is 0.370 e. The van der Waals surface area contributed by atoms with Crippen LogP contribution in [-0.4, -0.2) is 24.0 Å². The van der Waals surface area contributed by atoms with Crippen LogP contribution < -0.4 is 11.1 Å². The molecule has 0 aliphatic carbocycles. The Morgan fingerprint density at radius 1 is 1.44 bits per heavy atom. The van der Waals surface area contributed by atoms with E-state index >= 15 is 0 Å². The number of hydrogen-bond donors (Lipinski definition) is 2. The SMILES string of the molecule is CSC(C)CCN=C(N)Nc1ccccc1. The summed E-state index contributed by atoms with van der Waals surface area (Å²) in [7, 11) is 0. The Hall–Kier alpha value is -1.16. The van der Waals surface area contributed by atoms with Gasteiger partial charge in [-0.3, -0.25) is 4.99 Å². The lowest BCUT2D eigenvalue weighted by Gasteiger charge is -2.07. The van der Waals surface area contributed by atoms with Gasteiger partial charge in [-0.15, -0.1) is 0 Å². The van der Waals surface area contributed by atoms with E-state index in [4.69, 9.17) is 5.73 Å². The van der Waals surface area contributed by atoms with Crippen molar-refractivity contribution in [3.8, 4) is 0 Å². The van der Waals surface area contributed by atoms with Crippen molar-refractivity contribution in [1.82, 2.24) is 0 Å². The first kappa shape index (κ1) is 12.9. The molecule has 1 atom stereocenters. The lowest BCUT2D eigenvalue weighted by atomic mass is 10.3. The van der Waals surface area contributed by atoms with Gasteiger partial charge in [-0.25, -0.2) is 0 Å². The number of nitrogens with zero attached hydrogens (tertiary/aromatic N) is 1.